The van der Waals surface area contributed by atoms with E-state index in [9.17, 15) is 9.90 Å². The zero-order valence-corrected chi connectivity index (χ0v) is 28.9. The summed E-state index contributed by atoms with van der Waals surface area (Å²) in [7, 11) is -4.94. The molecule has 1 saturated heterocycles. The van der Waals surface area contributed by atoms with Crippen LogP contribution in [0.5, 0.6) is 0 Å². The van der Waals surface area contributed by atoms with Crippen molar-refractivity contribution in [3.63, 3.8) is 0 Å². The number of carboxylic acids is 1. The summed E-state index contributed by atoms with van der Waals surface area (Å²) in [5.41, 5.74) is 6.58. The van der Waals surface area contributed by atoms with Crippen LogP contribution in [-0.2, 0) is 27.7 Å². The molecule has 1 fully saturated rings. The molecule has 1 aliphatic heterocycles. The van der Waals surface area contributed by atoms with Gasteiger partial charge in [-0.2, -0.15) is 10.5 Å². The number of rotatable bonds is 3. The first-order chi connectivity index (χ1) is 19.7. The Balaban J connectivity index is -0.000000282. The van der Waals surface area contributed by atoms with Gasteiger partial charge in [0.05, 0.1) is 18.1 Å². The van der Waals surface area contributed by atoms with Crippen molar-refractivity contribution in [3.8, 4) is 12.1 Å². The van der Waals surface area contributed by atoms with Crippen molar-refractivity contribution in [2.75, 3.05) is 26.2 Å². The number of hydrogen-bond acceptors (Lipinski definition) is 13. The Labute approximate surface area is 276 Å². The third-order valence-electron chi connectivity index (χ3n) is 5.68. The summed E-state index contributed by atoms with van der Waals surface area (Å²) in [5.74, 6) is -1.21. The summed E-state index contributed by atoms with van der Waals surface area (Å²) in [4.78, 5) is 10.3. The Bertz CT molecular complexity index is 880. The Kier molecular flexibility index (Phi) is 30.5. The van der Waals surface area contributed by atoms with E-state index in [1.807, 2.05) is 30.3 Å². The number of benzene rings is 1. The van der Waals surface area contributed by atoms with E-state index in [-0.39, 0.29) is 27.6 Å². The van der Waals surface area contributed by atoms with Crippen molar-refractivity contribution in [3.05, 3.63) is 35.9 Å². The molecule has 0 spiro atoms. The van der Waals surface area contributed by atoms with Crippen LogP contribution in [0.2, 0.25) is 0 Å². The van der Waals surface area contributed by atoms with E-state index >= 15 is 0 Å². The molecule has 0 amide bonds. The summed E-state index contributed by atoms with van der Waals surface area (Å²) in [5, 5.41) is 39.5. The van der Waals surface area contributed by atoms with E-state index < -0.39 is 22.3 Å². The maximum Gasteiger partial charge on any atom is 2.00 e. The van der Waals surface area contributed by atoms with Gasteiger partial charge < -0.3 is 36.9 Å². The Morgan fingerprint density at radius 3 is 1.50 bits per heavy atom. The first-order valence-corrected chi connectivity index (χ1v) is 15.2. The molecular formula is C29H52ClN7NiO6. The Hall–Kier alpha value is -1.91. The van der Waals surface area contributed by atoms with Crippen LogP contribution < -0.4 is 50.7 Å². The number of nitrogens with zero attached hydrogens (tertiary/aromatic N) is 2. The van der Waals surface area contributed by atoms with Gasteiger partial charge in [0.25, 0.3) is 0 Å². The van der Waals surface area contributed by atoms with Crippen LogP contribution >= 0.6 is 0 Å². The zero-order valence-electron chi connectivity index (χ0n) is 27.2. The number of carbonyl (C=O) groups is 1. The summed E-state index contributed by atoms with van der Waals surface area (Å²) in [6.07, 6.45) is 2.61. The van der Waals surface area contributed by atoms with Gasteiger partial charge >= 0.3 is 16.5 Å². The molecule has 0 radical (unpaired) electrons. The van der Waals surface area contributed by atoms with Gasteiger partial charge in [0.15, 0.2) is 0 Å². The summed E-state index contributed by atoms with van der Waals surface area (Å²) < 4.78 is 34.0. The summed E-state index contributed by atoms with van der Waals surface area (Å²) in [6.45, 7) is 20.7. The molecule has 256 valence electrons. The van der Waals surface area contributed by atoms with Crippen molar-refractivity contribution in [2.45, 2.75) is 104 Å². The number of nitriles is 2. The van der Waals surface area contributed by atoms with E-state index in [1.165, 1.54) is 13.8 Å². The monoisotopic (exact) mass is 687 g/mol. The van der Waals surface area contributed by atoms with Crippen LogP contribution in [0.1, 0.15) is 73.8 Å². The van der Waals surface area contributed by atoms with E-state index in [2.05, 4.69) is 62.8 Å². The minimum absolute atomic E-state index is 0. The molecule has 13 nitrogen and oxygen atoms in total. The molecule has 0 aliphatic carbocycles. The molecule has 0 saturated carbocycles. The van der Waals surface area contributed by atoms with Crippen LogP contribution in [0.15, 0.2) is 30.3 Å². The van der Waals surface area contributed by atoms with Crippen LogP contribution in [0, 0.1) is 32.9 Å². The molecule has 15 heteroatoms. The second-order valence-electron chi connectivity index (χ2n) is 11.2. The predicted molar refractivity (Wildman–Crippen MR) is 154 cm³/mol. The quantitative estimate of drug-likeness (QED) is 0.200. The van der Waals surface area contributed by atoms with Crippen molar-refractivity contribution in [2.24, 2.45) is 5.73 Å². The normalized spacial score (nSPS) is 20.2. The molecule has 6 N–H and O–H groups in total. The largest absolute Gasteiger partial charge is 2.00 e. The zero-order chi connectivity index (χ0) is 34.1. The van der Waals surface area contributed by atoms with Gasteiger partial charge in [0, 0.05) is 69.2 Å². The van der Waals surface area contributed by atoms with E-state index in [0.29, 0.717) is 18.5 Å². The Morgan fingerprint density at radius 2 is 1.20 bits per heavy atom. The number of halogens is 1. The fourth-order valence-corrected chi connectivity index (χ4v) is 4.21. The fourth-order valence-electron chi connectivity index (χ4n) is 4.21. The van der Waals surface area contributed by atoms with Crippen molar-refractivity contribution >= 4 is 5.97 Å². The molecule has 0 aromatic heterocycles. The molecule has 1 aromatic carbocycles. The summed E-state index contributed by atoms with van der Waals surface area (Å²) in [6, 6.07) is 12.9. The molecule has 2 rings (SSSR count). The standard InChI is InChI=1S/C16H36N4.C9H11NO2.2C2H3N.ClHO4.Ni/c1-13-11-15(3,4)19-10-8-18-14(2)12-16(5,6)20-9-7-17-13;10-8(9(11)12)6-7-4-2-1-3-5-7;2*1-2-3;2-1(3,4)5;/h13-14,17-20H,7-12H2,1-6H3;1-5,8H,6,10H2,(H,11,12);2*1H3;(H,2,3,4,5);/q;;;;;+2/p-2/t13-,14-;8-;;;;/m01..../s1. The Morgan fingerprint density at radius 1 is 0.886 bits per heavy atom. The summed E-state index contributed by atoms with van der Waals surface area (Å²) >= 11 is 0. The van der Waals surface area contributed by atoms with Crippen molar-refractivity contribution in [1.29, 1.82) is 10.5 Å². The van der Waals surface area contributed by atoms with Crippen LogP contribution in [0.25, 0.3) is 0 Å². The molecule has 0 unspecified atom stereocenters. The third kappa shape index (κ3) is 38.1. The number of hydrogen-bond donors (Lipinski definition) is 5. The molecule has 3 atom stereocenters. The van der Waals surface area contributed by atoms with Gasteiger partial charge in [-0.3, -0.25) is 0 Å². The number of nitrogens with one attached hydrogen (secondary N) is 4. The molecule has 44 heavy (non-hydrogen) atoms. The second-order valence-corrected chi connectivity index (χ2v) is 11.9. The molecule has 1 aliphatic rings. The van der Waals surface area contributed by atoms with Gasteiger partial charge in [0.2, 0.25) is 0 Å². The topological polar surface area (TPSA) is 254 Å². The van der Waals surface area contributed by atoms with Crippen molar-refractivity contribution < 1.29 is 55.3 Å². The minimum Gasteiger partial charge on any atom is -0.548 e. The van der Waals surface area contributed by atoms with Crippen LogP contribution in [0.4, 0.5) is 0 Å². The van der Waals surface area contributed by atoms with E-state index in [0.717, 1.165) is 44.6 Å². The maximum absolute atomic E-state index is 10.3. The van der Waals surface area contributed by atoms with Crippen molar-refractivity contribution in [1.82, 2.24) is 21.3 Å². The maximum atomic E-state index is 10.3. The average molecular weight is 689 g/mol. The third-order valence-corrected chi connectivity index (χ3v) is 5.68. The fraction of sp³-hybridized carbons (Fsp3) is 0.690. The molecule has 1 heterocycles. The minimum atomic E-state index is -4.94. The number of nitrogens with two attached hydrogens (primary N) is 1. The first-order valence-electron chi connectivity index (χ1n) is 13.9. The van der Waals surface area contributed by atoms with E-state index in [1.54, 1.807) is 12.1 Å². The number of carboxylic acid groups (broad SMARTS) is 1. The number of aliphatic carboxylic acids is 1. The smallest absolute Gasteiger partial charge is 0.548 e. The SMILES string of the molecule is CC#N.CC#N.C[C@H]1CC(C)(C)NCCN[C@@H](C)CC(C)(C)NCCN1.N[C@H](Cc1ccccc1)C(=O)[O-].[Ni+2].[O-][Cl+3]([O-])([O-])[O-]. The van der Waals surface area contributed by atoms with Gasteiger partial charge in [-0.25, -0.2) is 18.6 Å². The van der Waals surface area contributed by atoms with Gasteiger partial charge in [-0.15, -0.1) is 10.2 Å². The first kappa shape index (κ1) is 49.0. The molecular weight excluding hydrogens is 637 g/mol. The van der Waals surface area contributed by atoms with Gasteiger partial charge in [-0.1, -0.05) is 30.3 Å². The van der Waals surface area contributed by atoms with E-state index in [4.69, 9.17) is 34.9 Å². The average Bonchev–Trinajstić information content (AvgIpc) is 2.84. The van der Waals surface area contributed by atoms with Gasteiger partial charge in [-0.05, 0) is 66.4 Å². The predicted octanol–water partition coefficient (Wildman–Crippen LogP) is -2.92. The number of carbonyl (C=O) groups excluding carboxylic acids is 1. The van der Waals surface area contributed by atoms with Crippen LogP contribution in [0.3, 0.4) is 0 Å². The molecule has 1 aromatic rings. The second kappa shape index (κ2) is 27.4. The van der Waals surface area contributed by atoms with Crippen LogP contribution in [-0.4, -0.2) is 61.4 Å². The van der Waals surface area contributed by atoms with Gasteiger partial charge in [0.1, 0.15) is 0 Å². The molecule has 0 bridgehead atoms.